The average molecular weight is 523 g/mol. The monoisotopic (exact) mass is 522 g/mol. The number of benzene rings is 1. The van der Waals surface area contributed by atoms with Crippen molar-refractivity contribution in [3.8, 4) is 0 Å². The lowest BCUT2D eigenvalue weighted by Crippen LogP contribution is -2.38. The molecule has 0 saturated heterocycles. The third-order valence-electron chi connectivity index (χ3n) is 4.75. The van der Waals surface area contributed by atoms with Crippen LogP contribution in [0.15, 0.2) is 28.0 Å². The molecule has 1 fully saturated rings. The van der Waals surface area contributed by atoms with Gasteiger partial charge < -0.3 is 20.9 Å². The van der Waals surface area contributed by atoms with Gasteiger partial charge >= 0.3 is 0 Å². The van der Waals surface area contributed by atoms with Gasteiger partial charge in [0.2, 0.25) is 17.8 Å². The molecule has 3 rings (SSSR count). The summed E-state index contributed by atoms with van der Waals surface area (Å²) in [5.74, 6) is -0.473. The molecule has 0 aliphatic heterocycles. The van der Waals surface area contributed by atoms with Gasteiger partial charge in [-0.25, -0.2) is 4.72 Å². The minimum Gasteiger partial charge on any atom is -0.760 e. The van der Waals surface area contributed by atoms with Crippen LogP contribution in [0.1, 0.15) is 25.7 Å². The van der Waals surface area contributed by atoms with Crippen LogP contribution >= 0.6 is 0 Å². The first-order valence-corrected chi connectivity index (χ1v) is 13.3. The summed E-state index contributed by atoms with van der Waals surface area (Å²) in [5.41, 5.74) is 5.26. The minimum atomic E-state index is -4.78. The Balaban J connectivity index is 1.82. The van der Waals surface area contributed by atoms with Gasteiger partial charge in [0.15, 0.2) is 0 Å². The van der Waals surface area contributed by atoms with Gasteiger partial charge in [0.05, 0.1) is 10.6 Å². The number of hydrogen-bond donors (Lipinski definition) is 6. The number of nitrogens with two attached hydrogens (primary N) is 1. The van der Waals surface area contributed by atoms with Crippen LogP contribution in [-0.4, -0.2) is 61.7 Å². The molecule has 0 radical (unpaired) electrons. The Hall–Kier alpha value is -2.48. The van der Waals surface area contributed by atoms with Crippen molar-refractivity contribution in [1.29, 1.82) is 0 Å². The van der Waals surface area contributed by atoms with Gasteiger partial charge in [-0.3, -0.25) is 13.3 Å². The zero-order valence-electron chi connectivity index (χ0n) is 16.7. The lowest BCUT2D eigenvalue weighted by Gasteiger charge is -2.30. The normalized spacial score (nSPS) is 20.2. The Morgan fingerprint density at radius 1 is 0.970 bits per heavy atom. The zero-order valence-corrected chi connectivity index (χ0v) is 19.2. The van der Waals surface area contributed by atoms with Crippen LogP contribution < -0.4 is 21.1 Å². The molecule has 15 nitrogen and oxygen atoms in total. The molecule has 1 heterocycles. The smallest absolute Gasteiger partial charge is 0.296 e. The van der Waals surface area contributed by atoms with Crippen LogP contribution in [0.5, 0.6) is 0 Å². The van der Waals surface area contributed by atoms with Gasteiger partial charge in [-0.1, -0.05) is 0 Å². The van der Waals surface area contributed by atoms with E-state index in [-0.39, 0.29) is 29.9 Å². The van der Waals surface area contributed by atoms with Crippen molar-refractivity contribution in [2.45, 2.75) is 47.6 Å². The molecule has 1 unspecified atom stereocenters. The van der Waals surface area contributed by atoms with Gasteiger partial charge in [-0.2, -0.15) is 31.8 Å². The molecule has 2 aromatic rings. The highest BCUT2D eigenvalue weighted by molar-refractivity contribution is 7.86. The fourth-order valence-electron chi connectivity index (χ4n) is 3.30. The second-order valence-electron chi connectivity index (χ2n) is 7.12. The first-order chi connectivity index (χ1) is 15.3. The second-order valence-corrected chi connectivity index (χ2v) is 10.6. The van der Waals surface area contributed by atoms with Crippen molar-refractivity contribution in [3.05, 3.63) is 18.2 Å². The quantitative estimate of drug-likeness (QED) is 0.194. The summed E-state index contributed by atoms with van der Waals surface area (Å²) in [6, 6.07) is 2.09. The standard InChI is InChI=1S/C15H21N7O8S3/c16-13-19-14(17-8-1-3-9(4-2-8)22-31(23)24)21-15(20-13)18-11-7-10(32(25,26)27)5-6-12(11)33(28,29)30/h5-9,22H,1-4H2,(H,23,24)(H,25,26,27)(H,28,29,30)(H4,16,17,18,19,20,21)/p-1. The predicted molar refractivity (Wildman–Crippen MR) is 115 cm³/mol. The molecular formula is C15H20N7O8S3-. The van der Waals surface area contributed by atoms with Crippen LogP contribution in [0.2, 0.25) is 0 Å². The highest BCUT2D eigenvalue weighted by Gasteiger charge is 2.23. The van der Waals surface area contributed by atoms with Gasteiger partial charge in [0, 0.05) is 23.4 Å². The average Bonchev–Trinajstić information content (AvgIpc) is 2.67. The molecule has 0 bridgehead atoms. The van der Waals surface area contributed by atoms with E-state index >= 15 is 0 Å². The number of nitrogens with zero attached hydrogens (tertiary/aromatic N) is 3. The largest absolute Gasteiger partial charge is 0.760 e. The van der Waals surface area contributed by atoms with Crippen molar-refractivity contribution in [3.63, 3.8) is 0 Å². The maximum Gasteiger partial charge on any atom is 0.296 e. The number of nitrogen functional groups attached to an aromatic ring is 1. The van der Waals surface area contributed by atoms with Crippen molar-refractivity contribution in [1.82, 2.24) is 19.7 Å². The molecule has 1 aliphatic rings. The highest BCUT2D eigenvalue weighted by atomic mass is 32.2. The SMILES string of the molecule is Nc1nc(Nc2cc(S(=O)(=O)O)ccc2S(=O)(=O)O)nc(NC2CCC(NS(=O)[O-])CC2)n1. The molecule has 1 aliphatic carbocycles. The van der Waals surface area contributed by atoms with E-state index in [0.717, 1.165) is 18.2 Å². The third-order valence-corrected chi connectivity index (χ3v) is 7.04. The lowest BCUT2D eigenvalue weighted by molar-refractivity contribution is 0.381. The Morgan fingerprint density at radius 2 is 1.58 bits per heavy atom. The second kappa shape index (κ2) is 9.79. The van der Waals surface area contributed by atoms with E-state index in [1.54, 1.807) is 0 Å². The minimum absolute atomic E-state index is 0.0353. The Labute approximate surface area is 191 Å². The fourth-order valence-corrected chi connectivity index (χ4v) is 4.94. The number of anilines is 4. The third kappa shape index (κ3) is 7.00. The Kier molecular flexibility index (Phi) is 7.46. The fraction of sp³-hybridized carbons (Fsp3) is 0.400. The van der Waals surface area contributed by atoms with Crippen molar-refractivity contribution < 1.29 is 34.7 Å². The van der Waals surface area contributed by atoms with Crippen molar-refractivity contribution >= 4 is 55.0 Å². The van der Waals surface area contributed by atoms with Crippen LogP contribution in [0, 0.1) is 0 Å². The summed E-state index contributed by atoms with van der Waals surface area (Å²) in [5, 5.41) is 5.50. The summed E-state index contributed by atoms with van der Waals surface area (Å²) >= 11 is -2.35. The van der Waals surface area contributed by atoms with E-state index in [4.69, 9.17) is 5.73 Å². The van der Waals surface area contributed by atoms with E-state index in [9.17, 15) is 34.7 Å². The Bertz CT molecular complexity index is 1260. The molecule has 18 heteroatoms. The first-order valence-electron chi connectivity index (χ1n) is 9.31. The molecule has 1 aromatic heterocycles. The number of aromatic nitrogens is 3. The predicted octanol–water partition coefficient (Wildman–Crippen LogP) is -0.202. The molecule has 33 heavy (non-hydrogen) atoms. The molecular weight excluding hydrogens is 502 g/mol. The van der Waals surface area contributed by atoms with Gasteiger partial charge in [-0.05, 0) is 43.9 Å². The van der Waals surface area contributed by atoms with E-state index in [1.807, 2.05) is 0 Å². The molecule has 182 valence electrons. The van der Waals surface area contributed by atoms with Crippen molar-refractivity contribution in [2.24, 2.45) is 0 Å². The molecule has 1 saturated carbocycles. The summed E-state index contributed by atoms with van der Waals surface area (Å²) in [7, 11) is -9.46. The number of rotatable bonds is 8. The van der Waals surface area contributed by atoms with Crippen LogP contribution in [0.3, 0.4) is 0 Å². The molecule has 7 N–H and O–H groups in total. The van der Waals surface area contributed by atoms with Crippen LogP contribution in [0.4, 0.5) is 23.5 Å². The van der Waals surface area contributed by atoms with E-state index in [2.05, 4.69) is 30.3 Å². The van der Waals surface area contributed by atoms with Crippen LogP contribution in [-0.2, 0) is 31.5 Å². The zero-order chi connectivity index (χ0) is 24.4. The van der Waals surface area contributed by atoms with Gasteiger partial charge in [-0.15, -0.1) is 0 Å². The maximum absolute atomic E-state index is 11.7. The molecule has 0 spiro atoms. The summed E-state index contributed by atoms with van der Waals surface area (Å²) in [6.45, 7) is 0. The number of hydrogen-bond acceptors (Lipinski definition) is 12. The highest BCUT2D eigenvalue weighted by Crippen LogP contribution is 2.28. The lowest BCUT2D eigenvalue weighted by atomic mass is 9.92. The van der Waals surface area contributed by atoms with E-state index in [0.29, 0.717) is 25.7 Å². The van der Waals surface area contributed by atoms with E-state index < -0.39 is 47.0 Å². The molecule has 1 aromatic carbocycles. The summed E-state index contributed by atoms with van der Waals surface area (Å²) < 4.78 is 88.8. The van der Waals surface area contributed by atoms with Crippen molar-refractivity contribution in [2.75, 3.05) is 16.4 Å². The first kappa shape index (κ1) is 25.1. The summed E-state index contributed by atoms with van der Waals surface area (Å²) in [4.78, 5) is 10.5. The van der Waals surface area contributed by atoms with Gasteiger partial charge in [0.1, 0.15) is 4.90 Å². The van der Waals surface area contributed by atoms with Crippen LogP contribution in [0.25, 0.3) is 0 Å². The number of nitrogens with one attached hydrogen (secondary N) is 3. The topological polar surface area (TPSA) is 250 Å². The van der Waals surface area contributed by atoms with E-state index in [1.165, 1.54) is 0 Å². The Morgan fingerprint density at radius 3 is 2.15 bits per heavy atom. The summed E-state index contributed by atoms with van der Waals surface area (Å²) in [6.07, 6.45) is 2.37. The van der Waals surface area contributed by atoms with Gasteiger partial charge in [0.25, 0.3) is 20.2 Å². The maximum atomic E-state index is 11.7. The molecule has 0 amide bonds. The molecule has 1 atom stereocenters.